The first kappa shape index (κ1) is 13.3. The van der Waals surface area contributed by atoms with Crippen molar-refractivity contribution < 1.29 is 9.90 Å². The summed E-state index contributed by atoms with van der Waals surface area (Å²) in [6, 6.07) is 1.67. The summed E-state index contributed by atoms with van der Waals surface area (Å²) < 4.78 is 1.32. The molecule has 7 nitrogen and oxygen atoms in total. The lowest BCUT2D eigenvalue weighted by Gasteiger charge is -2.08. The SMILES string of the molecule is Cc1cc(Sc2n[nH]c(=O)n2C)c(C(=O)O)c(C)n1. The highest BCUT2D eigenvalue weighted by atomic mass is 32.2. The van der Waals surface area contributed by atoms with Crippen molar-refractivity contribution in [2.24, 2.45) is 7.05 Å². The molecular formula is C11H12N4O3S. The van der Waals surface area contributed by atoms with Gasteiger partial charge in [-0.2, -0.15) is 0 Å². The van der Waals surface area contributed by atoms with E-state index in [1.54, 1.807) is 27.0 Å². The van der Waals surface area contributed by atoms with Gasteiger partial charge in [-0.05, 0) is 31.7 Å². The zero-order valence-corrected chi connectivity index (χ0v) is 11.4. The number of aromatic amines is 1. The fraction of sp³-hybridized carbons (Fsp3) is 0.273. The minimum absolute atomic E-state index is 0.131. The first-order chi connectivity index (χ1) is 8.90. The second-order valence-electron chi connectivity index (χ2n) is 4.00. The van der Waals surface area contributed by atoms with E-state index >= 15 is 0 Å². The van der Waals surface area contributed by atoms with Gasteiger partial charge >= 0.3 is 11.7 Å². The maximum absolute atomic E-state index is 11.3. The van der Waals surface area contributed by atoms with E-state index in [0.29, 0.717) is 21.4 Å². The summed E-state index contributed by atoms with van der Waals surface area (Å²) in [5.74, 6) is -1.05. The number of hydrogen-bond acceptors (Lipinski definition) is 5. The predicted octanol–water partition coefficient (Wildman–Crippen LogP) is 0.970. The molecule has 2 heterocycles. The highest BCUT2D eigenvalue weighted by molar-refractivity contribution is 7.99. The minimum atomic E-state index is -1.05. The monoisotopic (exact) mass is 280 g/mol. The summed E-state index contributed by atoms with van der Waals surface area (Å²) >= 11 is 1.12. The Morgan fingerprint density at radius 1 is 1.47 bits per heavy atom. The second-order valence-corrected chi connectivity index (χ2v) is 5.01. The Balaban J connectivity index is 2.53. The maximum atomic E-state index is 11.3. The highest BCUT2D eigenvalue weighted by Crippen LogP contribution is 2.30. The highest BCUT2D eigenvalue weighted by Gasteiger charge is 2.18. The number of hydrogen-bond donors (Lipinski definition) is 2. The predicted molar refractivity (Wildman–Crippen MR) is 68.6 cm³/mol. The van der Waals surface area contributed by atoms with Crippen molar-refractivity contribution in [1.29, 1.82) is 0 Å². The summed E-state index contributed by atoms with van der Waals surface area (Å²) in [5.41, 5.74) is 0.939. The Morgan fingerprint density at radius 3 is 2.68 bits per heavy atom. The number of rotatable bonds is 3. The summed E-state index contributed by atoms with van der Waals surface area (Å²) in [6.45, 7) is 3.43. The Hall–Kier alpha value is -2.09. The average Bonchev–Trinajstić information content (AvgIpc) is 2.59. The molecule has 0 saturated heterocycles. The molecule has 0 radical (unpaired) electrons. The van der Waals surface area contributed by atoms with Crippen LogP contribution in [-0.4, -0.2) is 30.8 Å². The smallest absolute Gasteiger partial charge is 0.343 e. The van der Waals surface area contributed by atoms with Gasteiger partial charge in [-0.15, -0.1) is 5.10 Å². The van der Waals surface area contributed by atoms with Crippen molar-refractivity contribution in [2.75, 3.05) is 0 Å². The van der Waals surface area contributed by atoms with Gasteiger partial charge in [-0.25, -0.2) is 14.7 Å². The molecule has 0 aliphatic rings. The van der Waals surface area contributed by atoms with Crippen molar-refractivity contribution in [3.05, 3.63) is 33.5 Å². The van der Waals surface area contributed by atoms with Crippen LogP contribution < -0.4 is 5.69 Å². The molecule has 0 atom stereocenters. The molecule has 0 fully saturated rings. The van der Waals surface area contributed by atoms with E-state index in [0.717, 1.165) is 11.8 Å². The molecule has 0 aliphatic heterocycles. The van der Waals surface area contributed by atoms with E-state index in [4.69, 9.17) is 0 Å². The van der Waals surface area contributed by atoms with Gasteiger partial charge in [0.15, 0.2) is 5.16 Å². The van der Waals surface area contributed by atoms with Crippen LogP contribution in [0.1, 0.15) is 21.7 Å². The van der Waals surface area contributed by atoms with E-state index < -0.39 is 5.97 Å². The molecule has 2 N–H and O–H groups in total. The molecule has 0 saturated carbocycles. The molecular weight excluding hydrogens is 268 g/mol. The number of aryl methyl sites for hydroxylation is 2. The first-order valence-corrected chi connectivity index (χ1v) is 6.22. The van der Waals surface area contributed by atoms with Gasteiger partial charge in [0, 0.05) is 17.6 Å². The third-order valence-electron chi connectivity index (χ3n) is 2.55. The zero-order chi connectivity index (χ0) is 14.2. The summed E-state index contributed by atoms with van der Waals surface area (Å²) in [6.07, 6.45) is 0. The van der Waals surface area contributed by atoms with Crippen molar-refractivity contribution >= 4 is 17.7 Å². The van der Waals surface area contributed by atoms with Crippen LogP contribution in [0, 0.1) is 13.8 Å². The lowest BCUT2D eigenvalue weighted by atomic mass is 10.2. The summed E-state index contributed by atoms with van der Waals surface area (Å²) in [5, 5.41) is 15.8. The van der Waals surface area contributed by atoms with Gasteiger partial charge in [-0.1, -0.05) is 0 Å². The fourth-order valence-electron chi connectivity index (χ4n) is 1.66. The second kappa shape index (κ2) is 4.88. The van der Waals surface area contributed by atoms with Gasteiger partial charge in [0.1, 0.15) is 0 Å². The molecule has 0 bridgehead atoms. The number of H-pyrrole nitrogens is 1. The fourth-order valence-corrected chi connectivity index (χ4v) is 2.73. The topological polar surface area (TPSA) is 101 Å². The number of carbonyl (C=O) groups is 1. The number of nitrogens with zero attached hydrogens (tertiary/aromatic N) is 3. The van der Waals surface area contributed by atoms with Gasteiger partial charge in [0.05, 0.1) is 11.3 Å². The van der Waals surface area contributed by atoms with E-state index in [-0.39, 0.29) is 11.3 Å². The van der Waals surface area contributed by atoms with Gasteiger partial charge in [0.25, 0.3) is 0 Å². The molecule has 19 heavy (non-hydrogen) atoms. The third-order valence-corrected chi connectivity index (χ3v) is 3.64. The molecule has 8 heteroatoms. The molecule has 0 amide bonds. The first-order valence-electron chi connectivity index (χ1n) is 5.41. The Morgan fingerprint density at radius 2 is 2.16 bits per heavy atom. The molecule has 0 unspecified atom stereocenters. The Labute approximate surface area is 112 Å². The third kappa shape index (κ3) is 2.53. The zero-order valence-electron chi connectivity index (χ0n) is 10.6. The molecule has 100 valence electrons. The minimum Gasteiger partial charge on any atom is -0.478 e. The molecule has 2 aromatic rings. The summed E-state index contributed by atoms with van der Waals surface area (Å²) in [7, 11) is 1.56. The quantitative estimate of drug-likeness (QED) is 0.868. The number of carboxylic acid groups (broad SMARTS) is 1. The van der Waals surface area contributed by atoms with Crippen LogP contribution in [0.5, 0.6) is 0 Å². The summed E-state index contributed by atoms with van der Waals surface area (Å²) in [4.78, 5) is 27.2. The van der Waals surface area contributed by atoms with E-state index in [1.807, 2.05) is 0 Å². The molecule has 0 aromatic carbocycles. The Bertz CT molecular complexity index is 704. The van der Waals surface area contributed by atoms with E-state index in [9.17, 15) is 14.7 Å². The largest absolute Gasteiger partial charge is 0.478 e. The van der Waals surface area contributed by atoms with Crippen molar-refractivity contribution in [3.63, 3.8) is 0 Å². The lowest BCUT2D eigenvalue weighted by Crippen LogP contribution is -2.13. The molecule has 2 aromatic heterocycles. The standard InChI is InChI=1S/C11H12N4O3S/c1-5-4-7(8(9(16)17)6(2)12-5)19-11-14-13-10(18)15(11)3/h4H,1-3H3,(H,13,18)(H,16,17). The van der Waals surface area contributed by atoms with Crippen molar-refractivity contribution in [3.8, 4) is 0 Å². The molecule has 2 rings (SSSR count). The van der Waals surface area contributed by atoms with Crippen LogP contribution >= 0.6 is 11.8 Å². The molecule has 0 spiro atoms. The van der Waals surface area contributed by atoms with Gasteiger partial charge < -0.3 is 5.11 Å². The normalized spacial score (nSPS) is 10.7. The van der Waals surface area contributed by atoms with Crippen LogP contribution in [0.25, 0.3) is 0 Å². The van der Waals surface area contributed by atoms with Crippen LogP contribution in [0.15, 0.2) is 20.9 Å². The number of nitrogens with one attached hydrogen (secondary N) is 1. The lowest BCUT2D eigenvalue weighted by molar-refractivity contribution is 0.0691. The van der Waals surface area contributed by atoms with Crippen LogP contribution in [-0.2, 0) is 7.05 Å². The van der Waals surface area contributed by atoms with Gasteiger partial charge in [-0.3, -0.25) is 9.55 Å². The van der Waals surface area contributed by atoms with Gasteiger partial charge in [0.2, 0.25) is 0 Å². The maximum Gasteiger partial charge on any atom is 0.343 e. The number of pyridine rings is 1. The number of aromatic nitrogens is 4. The average molecular weight is 280 g/mol. The Kier molecular flexibility index (Phi) is 3.43. The van der Waals surface area contributed by atoms with Crippen molar-refractivity contribution in [2.45, 2.75) is 23.9 Å². The van der Waals surface area contributed by atoms with Crippen LogP contribution in [0.4, 0.5) is 0 Å². The van der Waals surface area contributed by atoms with E-state index in [1.165, 1.54) is 4.57 Å². The van der Waals surface area contributed by atoms with Crippen molar-refractivity contribution in [1.82, 2.24) is 19.7 Å². The molecule has 0 aliphatic carbocycles. The number of carboxylic acids is 1. The van der Waals surface area contributed by atoms with E-state index in [2.05, 4.69) is 15.2 Å². The van der Waals surface area contributed by atoms with Crippen LogP contribution in [0.3, 0.4) is 0 Å². The number of aromatic carboxylic acids is 1. The van der Waals surface area contributed by atoms with Crippen LogP contribution in [0.2, 0.25) is 0 Å².